The molecule has 1 aromatic rings. The molecule has 0 radical (unpaired) electrons. The maximum absolute atomic E-state index is 12.4. The number of amides is 1. The Hall–Kier alpha value is -1.93. The van der Waals surface area contributed by atoms with Crippen LogP contribution >= 0.6 is 0 Å². The van der Waals surface area contributed by atoms with Crippen molar-refractivity contribution < 1.29 is 22.7 Å². The van der Waals surface area contributed by atoms with Crippen LogP contribution in [0.5, 0.6) is 0 Å². The third-order valence-electron chi connectivity index (χ3n) is 4.39. The zero-order chi connectivity index (χ0) is 19.2. The molecule has 26 heavy (non-hydrogen) atoms. The molecule has 1 heterocycles. The Labute approximate surface area is 154 Å². The monoisotopic (exact) mass is 382 g/mol. The minimum atomic E-state index is -3.38. The van der Waals surface area contributed by atoms with Crippen LogP contribution in [0.3, 0.4) is 0 Å². The normalized spacial score (nSPS) is 17.8. The Morgan fingerprint density at radius 1 is 1.35 bits per heavy atom. The molecule has 1 fully saturated rings. The first-order chi connectivity index (χ1) is 12.4. The van der Waals surface area contributed by atoms with Crippen molar-refractivity contribution in [2.45, 2.75) is 38.6 Å². The molecule has 0 saturated carbocycles. The van der Waals surface area contributed by atoms with Crippen molar-refractivity contribution in [3.63, 3.8) is 0 Å². The van der Waals surface area contributed by atoms with E-state index in [4.69, 9.17) is 4.74 Å². The minimum Gasteiger partial charge on any atom is -0.465 e. The maximum Gasteiger partial charge on any atom is 0.337 e. The van der Waals surface area contributed by atoms with Gasteiger partial charge in [-0.25, -0.2) is 13.2 Å². The van der Waals surface area contributed by atoms with Gasteiger partial charge in [0.25, 0.3) is 0 Å². The van der Waals surface area contributed by atoms with Crippen LogP contribution in [0.4, 0.5) is 0 Å². The van der Waals surface area contributed by atoms with Crippen LogP contribution in [0.15, 0.2) is 24.3 Å². The third-order valence-corrected chi connectivity index (χ3v) is 6.46. The number of nitrogens with zero attached hydrogens (tertiary/aromatic N) is 1. The van der Waals surface area contributed by atoms with Gasteiger partial charge in [0.05, 0.1) is 18.4 Å². The fourth-order valence-electron chi connectivity index (χ4n) is 3.13. The van der Waals surface area contributed by atoms with E-state index in [1.807, 2.05) is 13.0 Å². The van der Waals surface area contributed by atoms with E-state index in [9.17, 15) is 18.0 Å². The molecule has 1 amide bonds. The second kappa shape index (κ2) is 9.14. The molecular weight excluding hydrogens is 356 g/mol. The zero-order valence-corrected chi connectivity index (χ0v) is 16.0. The van der Waals surface area contributed by atoms with E-state index < -0.39 is 22.0 Å². The molecule has 0 aromatic heterocycles. The van der Waals surface area contributed by atoms with Crippen molar-refractivity contribution in [1.82, 2.24) is 9.62 Å². The van der Waals surface area contributed by atoms with Crippen LogP contribution in [0, 0.1) is 0 Å². The van der Waals surface area contributed by atoms with Crippen LogP contribution in [0.1, 0.15) is 42.1 Å². The fraction of sp³-hybridized carbons (Fsp3) is 0.556. The lowest BCUT2D eigenvalue weighted by Crippen LogP contribution is -2.46. The first kappa shape index (κ1) is 20.4. The highest BCUT2D eigenvalue weighted by atomic mass is 32.2. The van der Waals surface area contributed by atoms with Crippen LogP contribution in [-0.2, 0) is 26.0 Å². The van der Waals surface area contributed by atoms with Crippen LogP contribution < -0.4 is 5.32 Å². The largest absolute Gasteiger partial charge is 0.465 e. The van der Waals surface area contributed by atoms with E-state index in [1.54, 1.807) is 18.2 Å². The minimum absolute atomic E-state index is 0.0666. The van der Waals surface area contributed by atoms with Gasteiger partial charge in [-0.2, -0.15) is 4.31 Å². The molecule has 7 nitrogen and oxygen atoms in total. The van der Waals surface area contributed by atoms with Gasteiger partial charge in [0.2, 0.25) is 15.9 Å². The summed E-state index contributed by atoms with van der Waals surface area (Å²) in [6.45, 7) is 2.59. The van der Waals surface area contributed by atoms with Gasteiger partial charge in [-0.1, -0.05) is 19.1 Å². The lowest BCUT2D eigenvalue weighted by Gasteiger charge is -2.23. The molecule has 8 heteroatoms. The number of carbonyl (C=O) groups is 2. The Balaban J connectivity index is 1.91. The second-order valence-electron chi connectivity index (χ2n) is 6.32. The summed E-state index contributed by atoms with van der Waals surface area (Å²) in [7, 11) is -2.05. The van der Waals surface area contributed by atoms with E-state index in [-0.39, 0.29) is 11.7 Å². The Bertz CT molecular complexity index is 748. The summed E-state index contributed by atoms with van der Waals surface area (Å²) in [6, 6.07) is 6.41. The summed E-state index contributed by atoms with van der Waals surface area (Å²) >= 11 is 0. The van der Waals surface area contributed by atoms with Gasteiger partial charge in [0, 0.05) is 13.1 Å². The summed E-state index contributed by atoms with van der Waals surface area (Å²) in [5.41, 5.74) is 1.36. The number of benzene rings is 1. The Morgan fingerprint density at radius 2 is 2.12 bits per heavy atom. The van der Waals surface area contributed by atoms with Crippen LogP contribution in [0.25, 0.3) is 0 Å². The van der Waals surface area contributed by atoms with Gasteiger partial charge in [-0.3, -0.25) is 4.79 Å². The van der Waals surface area contributed by atoms with E-state index >= 15 is 0 Å². The predicted molar refractivity (Wildman–Crippen MR) is 98.3 cm³/mol. The van der Waals surface area contributed by atoms with Gasteiger partial charge >= 0.3 is 5.97 Å². The van der Waals surface area contributed by atoms with Gasteiger partial charge in [-0.15, -0.1) is 0 Å². The lowest BCUT2D eigenvalue weighted by molar-refractivity contribution is -0.124. The van der Waals surface area contributed by atoms with Crippen molar-refractivity contribution >= 4 is 21.9 Å². The number of hydrogen-bond acceptors (Lipinski definition) is 5. The summed E-state index contributed by atoms with van der Waals surface area (Å²) < 4.78 is 30.6. The van der Waals surface area contributed by atoms with E-state index in [2.05, 4.69) is 5.32 Å². The number of carbonyl (C=O) groups excluding carboxylic acids is 2. The molecule has 1 aliphatic rings. The summed E-state index contributed by atoms with van der Waals surface area (Å²) in [6.07, 6.45) is 2.32. The highest BCUT2D eigenvalue weighted by Crippen LogP contribution is 2.22. The number of hydrogen-bond donors (Lipinski definition) is 1. The molecule has 1 N–H and O–H groups in total. The number of ether oxygens (including phenoxy) is 1. The smallest absolute Gasteiger partial charge is 0.337 e. The summed E-state index contributed by atoms with van der Waals surface area (Å²) in [4.78, 5) is 24.0. The van der Waals surface area contributed by atoms with Crippen molar-refractivity contribution in [1.29, 1.82) is 0 Å². The van der Waals surface area contributed by atoms with Gasteiger partial charge in [0.1, 0.15) is 6.04 Å². The molecule has 144 valence electrons. The summed E-state index contributed by atoms with van der Waals surface area (Å²) in [5, 5.41) is 2.82. The number of sulfonamides is 1. The standard InChI is InChI=1S/C18H26N2O5S/c1-3-12-26(23,24)20-11-5-8-16(20)17(21)19-10-9-14-6-4-7-15(13-14)18(22)25-2/h4,6-7,13,16H,3,5,8-12H2,1-2H3,(H,19,21)/t16-/m0/s1. The quantitative estimate of drug-likeness (QED) is 0.685. The average Bonchev–Trinajstić information content (AvgIpc) is 3.12. The first-order valence-electron chi connectivity index (χ1n) is 8.83. The zero-order valence-electron chi connectivity index (χ0n) is 15.2. The summed E-state index contributed by atoms with van der Waals surface area (Å²) in [5.74, 6) is -0.596. The first-order valence-corrected chi connectivity index (χ1v) is 10.4. The number of methoxy groups -OCH3 is 1. The van der Waals surface area contributed by atoms with Crippen molar-refractivity contribution in [3.05, 3.63) is 35.4 Å². The molecule has 0 unspecified atom stereocenters. The topological polar surface area (TPSA) is 92.8 Å². The number of rotatable bonds is 8. The molecule has 0 bridgehead atoms. The molecule has 1 atom stereocenters. The molecule has 2 rings (SSSR count). The average molecular weight is 382 g/mol. The van der Waals surface area contributed by atoms with Crippen molar-refractivity contribution in [2.75, 3.05) is 26.0 Å². The Morgan fingerprint density at radius 3 is 2.81 bits per heavy atom. The molecule has 1 aromatic carbocycles. The van der Waals surface area contributed by atoms with Gasteiger partial charge < -0.3 is 10.1 Å². The molecule has 1 saturated heterocycles. The third kappa shape index (κ3) is 5.04. The van der Waals surface area contributed by atoms with Crippen LogP contribution in [0.2, 0.25) is 0 Å². The highest BCUT2D eigenvalue weighted by molar-refractivity contribution is 7.89. The fourth-order valence-corrected chi connectivity index (χ4v) is 4.88. The van der Waals surface area contributed by atoms with E-state index in [0.29, 0.717) is 44.3 Å². The van der Waals surface area contributed by atoms with E-state index in [1.165, 1.54) is 11.4 Å². The Kier molecular flexibility index (Phi) is 7.16. The maximum atomic E-state index is 12.4. The number of esters is 1. The molecule has 0 aliphatic carbocycles. The van der Waals surface area contributed by atoms with Gasteiger partial charge in [0.15, 0.2) is 0 Å². The van der Waals surface area contributed by atoms with E-state index in [0.717, 1.165) is 5.56 Å². The number of nitrogens with one attached hydrogen (secondary N) is 1. The SMILES string of the molecule is CCCS(=O)(=O)N1CCC[C@H]1C(=O)NCCc1cccc(C(=O)OC)c1. The van der Waals surface area contributed by atoms with Crippen molar-refractivity contribution in [3.8, 4) is 0 Å². The predicted octanol–water partition coefficient (Wildman–Crippen LogP) is 1.34. The van der Waals surface area contributed by atoms with Gasteiger partial charge in [-0.05, 0) is 43.4 Å². The highest BCUT2D eigenvalue weighted by Gasteiger charge is 2.37. The molecule has 0 spiro atoms. The molecule has 1 aliphatic heterocycles. The van der Waals surface area contributed by atoms with Crippen LogP contribution in [-0.4, -0.2) is 56.6 Å². The van der Waals surface area contributed by atoms with Crippen molar-refractivity contribution in [2.24, 2.45) is 0 Å². The molecular formula is C18H26N2O5S. The lowest BCUT2D eigenvalue weighted by atomic mass is 10.1. The second-order valence-corrected chi connectivity index (χ2v) is 8.36.